The molecule has 1 saturated carbocycles. The molecule has 2 aromatic heterocycles. The van der Waals surface area contributed by atoms with Gasteiger partial charge in [-0.2, -0.15) is 0 Å². The van der Waals surface area contributed by atoms with E-state index in [-0.39, 0.29) is 6.61 Å². The lowest BCUT2D eigenvalue weighted by atomic mass is 10.0. The van der Waals surface area contributed by atoms with E-state index in [9.17, 15) is 4.79 Å². The van der Waals surface area contributed by atoms with E-state index >= 15 is 0 Å². The molecule has 1 aliphatic carbocycles. The zero-order chi connectivity index (χ0) is 23.5. The van der Waals surface area contributed by atoms with Gasteiger partial charge in [0.1, 0.15) is 30.1 Å². The maximum Gasteiger partial charge on any atom is 0.412 e. The second-order valence-electron chi connectivity index (χ2n) is 8.45. The highest BCUT2D eigenvalue weighted by molar-refractivity contribution is 6.01. The fourth-order valence-electron chi connectivity index (χ4n) is 4.62. The first-order valence-electron chi connectivity index (χ1n) is 11.4. The number of methoxy groups -OCH3 is 1. The van der Waals surface area contributed by atoms with E-state index in [1.54, 1.807) is 13.2 Å². The van der Waals surface area contributed by atoms with E-state index in [0.29, 0.717) is 23.3 Å². The Bertz CT molecular complexity index is 1310. The monoisotopic (exact) mass is 457 g/mol. The number of nitrogens with two attached hydrogens (primary N) is 1. The minimum Gasteiger partial charge on any atom is -0.495 e. The molecular weight excluding hydrogens is 430 g/mol. The molecule has 174 valence electrons. The molecule has 0 unspecified atom stereocenters. The molecule has 5 rings (SSSR count). The van der Waals surface area contributed by atoms with Crippen LogP contribution in [0.5, 0.6) is 5.75 Å². The fourth-order valence-corrected chi connectivity index (χ4v) is 4.62. The molecule has 1 amide bonds. The number of nitrogens with one attached hydrogen (secondary N) is 1. The number of carbonyl (C=O) groups is 1. The van der Waals surface area contributed by atoms with Gasteiger partial charge < -0.3 is 19.8 Å². The summed E-state index contributed by atoms with van der Waals surface area (Å²) in [6, 6.07) is 15.5. The van der Waals surface area contributed by atoms with Crippen LogP contribution < -0.4 is 15.8 Å². The summed E-state index contributed by atoms with van der Waals surface area (Å²) >= 11 is 0. The molecule has 34 heavy (non-hydrogen) atoms. The standard InChI is InChI=1S/C26H27N5O3/c1-33-22-13-18(11-12-21(22)30-26(32)34-15-17-7-3-2-4-8-17)20-14-31(19-9-5-6-10-19)25-23(20)24(27)28-16-29-25/h2-4,7-8,11-14,16,19H,5-6,9-10,15H2,1H3,(H,30,32)(H2,27,28,29). The van der Waals surface area contributed by atoms with Crippen molar-refractivity contribution < 1.29 is 14.3 Å². The van der Waals surface area contributed by atoms with E-state index in [4.69, 9.17) is 15.2 Å². The topological polar surface area (TPSA) is 104 Å². The van der Waals surface area contributed by atoms with Crippen molar-refractivity contribution in [1.82, 2.24) is 14.5 Å². The van der Waals surface area contributed by atoms with Gasteiger partial charge in [-0.05, 0) is 36.1 Å². The maximum atomic E-state index is 12.4. The minimum atomic E-state index is -0.551. The SMILES string of the molecule is COc1cc(-c2cn(C3CCCC3)c3ncnc(N)c23)ccc1NC(=O)OCc1ccccc1. The van der Waals surface area contributed by atoms with E-state index in [1.165, 1.54) is 19.2 Å². The highest BCUT2D eigenvalue weighted by Gasteiger charge is 2.23. The smallest absolute Gasteiger partial charge is 0.412 e. The largest absolute Gasteiger partial charge is 0.495 e. The van der Waals surface area contributed by atoms with Crippen LogP contribution in [0.2, 0.25) is 0 Å². The van der Waals surface area contributed by atoms with Gasteiger partial charge in [0.25, 0.3) is 0 Å². The third-order valence-corrected chi connectivity index (χ3v) is 6.32. The fraction of sp³-hybridized carbons (Fsp3) is 0.269. The number of nitrogen functional groups attached to an aromatic ring is 1. The van der Waals surface area contributed by atoms with Gasteiger partial charge in [-0.25, -0.2) is 14.8 Å². The number of hydrogen-bond acceptors (Lipinski definition) is 6. The average Bonchev–Trinajstić information content (AvgIpc) is 3.52. The van der Waals surface area contributed by atoms with Gasteiger partial charge in [0.05, 0.1) is 18.2 Å². The second kappa shape index (κ2) is 9.43. The number of carbonyl (C=O) groups excluding carboxylic acids is 1. The molecular formula is C26H27N5O3. The molecule has 3 N–H and O–H groups in total. The molecule has 0 radical (unpaired) electrons. The Balaban J connectivity index is 1.42. The second-order valence-corrected chi connectivity index (χ2v) is 8.45. The summed E-state index contributed by atoms with van der Waals surface area (Å²) in [6.45, 7) is 0.188. The van der Waals surface area contributed by atoms with Crippen molar-refractivity contribution in [2.45, 2.75) is 38.3 Å². The van der Waals surface area contributed by atoms with Crippen LogP contribution in [-0.2, 0) is 11.3 Å². The zero-order valence-corrected chi connectivity index (χ0v) is 19.0. The maximum absolute atomic E-state index is 12.4. The number of aromatic nitrogens is 3. The van der Waals surface area contributed by atoms with E-state index in [1.807, 2.05) is 42.5 Å². The van der Waals surface area contributed by atoms with Crippen LogP contribution >= 0.6 is 0 Å². The molecule has 1 fully saturated rings. The van der Waals surface area contributed by atoms with Crippen molar-refractivity contribution in [3.8, 4) is 16.9 Å². The van der Waals surface area contributed by atoms with Crippen LogP contribution in [0, 0.1) is 0 Å². The van der Waals surface area contributed by atoms with Gasteiger partial charge in [0.15, 0.2) is 0 Å². The first-order chi connectivity index (χ1) is 16.6. The summed E-state index contributed by atoms with van der Waals surface area (Å²) in [7, 11) is 1.57. The Morgan fingerprint density at radius 1 is 1.15 bits per heavy atom. The summed E-state index contributed by atoms with van der Waals surface area (Å²) in [4.78, 5) is 21.1. The van der Waals surface area contributed by atoms with Crippen molar-refractivity contribution in [2.75, 3.05) is 18.2 Å². The number of anilines is 2. The minimum absolute atomic E-state index is 0.188. The van der Waals surface area contributed by atoms with E-state index in [2.05, 4.69) is 26.0 Å². The first kappa shape index (κ1) is 21.8. The number of ether oxygens (including phenoxy) is 2. The van der Waals surface area contributed by atoms with Crippen molar-refractivity contribution in [3.63, 3.8) is 0 Å². The van der Waals surface area contributed by atoms with E-state index in [0.717, 1.165) is 40.6 Å². The molecule has 1 aliphatic rings. The molecule has 0 saturated heterocycles. The molecule has 8 nitrogen and oxygen atoms in total. The van der Waals surface area contributed by atoms with Crippen molar-refractivity contribution in [1.29, 1.82) is 0 Å². The van der Waals surface area contributed by atoms with Gasteiger partial charge in [-0.1, -0.05) is 49.2 Å². The Hall–Kier alpha value is -4.07. The summed E-state index contributed by atoms with van der Waals surface area (Å²) in [5.74, 6) is 0.966. The van der Waals surface area contributed by atoms with Gasteiger partial charge in [0, 0.05) is 17.8 Å². The summed E-state index contributed by atoms with van der Waals surface area (Å²) < 4.78 is 13.1. The van der Waals surface area contributed by atoms with Gasteiger partial charge >= 0.3 is 6.09 Å². The van der Waals surface area contributed by atoms with Crippen LogP contribution in [-0.4, -0.2) is 27.7 Å². The lowest BCUT2D eigenvalue weighted by Crippen LogP contribution is -2.14. The highest BCUT2D eigenvalue weighted by atomic mass is 16.5. The summed E-state index contributed by atoms with van der Waals surface area (Å²) in [6.07, 6.45) is 7.77. The Labute approximate surface area is 197 Å². The number of fused-ring (bicyclic) bond motifs is 1. The molecule has 0 spiro atoms. The quantitative estimate of drug-likeness (QED) is 0.393. The van der Waals surface area contributed by atoms with Crippen LogP contribution in [0.4, 0.5) is 16.3 Å². The van der Waals surface area contributed by atoms with Gasteiger partial charge in [0.2, 0.25) is 0 Å². The lowest BCUT2D eigenvalue weighted by molar-refractivity contribution is 0.155. The Morgan fingerprint density at radius 3 is 2.71 bits per heavy atom. The summed E-state index contributed by atoms with van der Waals surface area (Å²) in [5.41, 5.74) is 10.4. The van der Waals surface area contributed by atoms with Crippen molar-refractivity contribution in [2.24, 2.45) is 0 Å². The third-order valence-electron chi connectivity index (χ3n) is 6.32. The predicted molar refractivity (Wildman–Crippen MR) is 132 cm³/mol. The zero-order valence-electron chi connectivity index (χ0n) is 19.0. The molecule has 4 aromatic rings. The van der Waals surface area contributed by atoms with Crippen LogP contribution in [0.1, 0.15) is 37.3 Å². The average molecular weight is 458 g/mol. The molecule has 2 aromatic carbocycles. The molecule has 2 heterocycles. The van der Waals surface area contributed by atoms with Crippen molar-refractivity contribution >= 4 is 28.6 Å². The van der Waals surface area contributed by atoms with Crippen molar-refractivity contribution in [3.05, 3.63) is 66.6 Å². The van der Waals surface area contributed by atoms with Gasteiger partial charge in [-0.3, -0.25) is 5.32 Å². The molecule has 0 aliphatic heterocycles. The van der Waals surface area contributed by atoms with Crippen LogP contribution in [0.3, 0.4) is 0 Å². The lowest BCUT2D eigenvalue weighted by Gasteiger charge is -2.13. The predicted octanol–water partition coefficient (Wildman–Crippen LogP) is 5.55. The Kier molecular flexibility index (Phi) is 6.03. The molecule has 0 atom stereocenters. The van der Waals surface area contributed by atoms with Gasteiger partial charge in [-0.15, -0.1) is 0 Å². The number of rotatable bonds is 6. The first-order valence-corrected chi connectivity index (χ1v) is 11.4. The summed E-state index contributed by atoms with van der Waals surface area (Å²) in [5, 5.41) is 3.60. The van der Waals surface area contributed by atoms with Crippen LogP contribution in [0.15, 0.2) is 61.1 Å². The number of nitrogens with zero attached hydrogens (tertiary/aromatic N) is 3. The molecule has 8 heteroatoms. The highest BCUT2D eigenvalue weighted by Crippen LogP contribution is 2.40. The van der Waals surface area contributed by atoms with Crippen LogP contribution in [0.25, 0.3) is 22.2 Å². The number of benzene rings is 2. The normalized spacial score (nSPS) is 13.8. The number of hydrogen-bond donors (Lipinski definition) is 2. The molecule has 0 bridgehead atoms. The number of amides is 1. The van der Waals surface area contributed by atoms with E-state index < -0.39 is 6.09 Å². The Morgan fingerprint density at radius 2 is 1.94 bits per heavy atom. The third kappa shape index (κ3) is 4.26.